The summed E-state index contributed by atoms with van der Waals surface area (Å²) >= 11 is 1.17. The molecule has 3 rings (SSSR count). The molecule has 0 radical (unpaired) electrons. The van der Waals surface area contributed by atoms with Crippen molar-refractivity contribution in [1.82, 2.24) is 24.0 Å². The zero-order chi connectivity index (χ0) is 22.0. The highest BCUT2D eigenvalue weighted by Gasteiger charge is 2.20. The van der Waals surface area contributed by atoms with Gasteiger partial charge >= 0.3 is 5.69 Å². The zero-order valence-electron chi connectivity index (χ0n) is 17.7. The average molecular weight is 432 g/mol. The molecule has 9 nitrogen and oxygen atoms in total. The second kappa shape index (κ2) is 8.86. The van der Waals surface area contributed by atoms with Gasteiger partial charge in [-0.2, -0.15) is 0 Å². The Bertz CT molecular complexity index is 1180. The lowest BCUT2D eigenvalue weighted by Gasteiger charge is -2.17. The molecule has 0 saturated heterocycles. The maximum Gasteiger partial charge on any atom is 0.332 e. The van der Waals surface area contributed by atoms with E-state index in [1.165, 1.54) is 23.4 Å². The van der Waals surface area contributed by atoms with Gasteiger partial charge in [0.1, 0.15) is 22.0 Å². The van der Waals surface area contributed by atoms with E-state index < -0.39 is 11.2 Å². The Morgan fingerprint density at radius 1 is 1.30 bits per heavy atom. The van der Waals surface area contributed by atoms with Crippen LogP contribution in [0.4, 0.5) is 0 Å². The fourth-order valence-electron chi connectivity index (χ4n) is 3.04. The number of hydrogen-bond acceptors (Lipinski definition) is 7. The highest BCUT2D eigenvalue weighted by Crippen LogP contribution is 2.23. The molecule has 0 aromatic carbocycles. The predicted octanol–water partition coefficient (Wildman–Crippen LogP) is 1.80. The van der Waals surface area contributed by atoms with E-state index >= 15 is 0 Å². The van der Waals surface area contributed by atoms with Gasteiger partial charge in [0.2, 0.25) is 5.91 Å². The first-order chi connectivity index (χ1) is 14.2. The number of carbonyl (C=O) groups is 1. The summed E-state index contributed by atoms with van der Waals surface area (Å²) < 4.78 is 7.85. The minimum Gasteiger partial charge on any atom is -0.467 e. The van der Waals surface area contributed by atoms with Gasteiger partial charge in [0.15, 0.2) is 5.65 Å². The van der Waals surface area contributed by atoms with Crippen LogP contribution in [0.2, 0.25) is 0 Å². The molecule has 30 heavy (non-hydrogen) atoms. The highest BCUT2D eigenvalue weighted by molar-refractivity contribution is 8.00. The van der Waals surface area contributed by atoms with Crippen molar-refractivity contribution in [2.75, 3.05) is 12.8 Å². The lowest BCUT2D eigenvalue weighted by molar-refractivity contribution is -0.127. The highest BCUT2D eigenvalue weighted by atomic mass is 32.2. The van der Waals surface area contributed by atoms with Crippen LogP contribution in [-0.4, -0.2) is 42.7 Å². The van der Waals surface area contributed by atoms with Crippen LogP contribution in [0.15, 0.2) is 37.4 Å². The number of hydrogen-bond donors (Lipinski definition) is 0. The number of carbonyl (C=O) groups excluding carboxylic acids is 1. The SMILES string of the molecule is Cc1nc(SCC(=O)N(C)Cc2ccco2)c2c(=O)n(C)c(=O)n(CC(C)C)c2n1. The molecule has 3 aromatic rings. The Morgan fingerprint density at radius 3 is 2.67 bits per heavy atom. The summed E-state index contributed by atoms with van der Waals surface area (Å²) in [5.41, 5.74) is -0.568. The fourth-order valence-corrected chi connectivity index (χ4v) is 4.04. The van der Waals surface area contributed by atoms with E-state index in [4.69, 9.17) is 4.42 Å². The summed E-state index contributed by atoms with van der Waals surface area (Å²) in [7, 11) is 3.13. The second-order valence-electron chi connectivity index (χ2n) is 7.54. The number of nitrogens with zero attached hydrogens (tertiary/aromatic N) is 5. The number of rotatable bonds is 7. The molecule has 0 N–H and O–H groups in total. The van der Waals surface area contributed by atoms with Crippen molar-refractivity contribution < 1.29 is 9.21 Å². The molecule has 3 heterocycles. The third-order valence-electron chi connectivity index (χ3n) is 4.54. The standard InChI is InChI=1S/C20H25N5O4S/c1-12(2)9-25-17-16(19(27)24(5)20(25)28)18(22-13(3)21-17)30-11-15(26)23(4)10-14-7-6-8-29-14/h6-8,12H,9-11H2,1-5H3. The number of thioether (sulfide) groups is 1. The molecule has 0 aliphatic heterocycles. The van der Waals surface area contributed by atoms with Crippen molar-refractivity contribution in [2.45, 2.75) is 38.9 Å². The van der Waals surface area contributed by atoms with Gasteiger partial charge in [-0.25, -0.2) is 14.8 Å². The van der Waals surface area contributed by atoms with Gasteiger partial charge in [-0.3, -0.25) is 18.7 Å². The van der Waals surface area contributed by atoms with E-state index in [9.17, 15) is 14.4 Å². The number of fused-ring (bicyclic) bond motifs is 1. The van der Waals surface area contributed by atoms with Crippen LogP contribution in [0.1, 0.15) is 25.4 Å². The molecule has 1 amide bonds. The summed E-state index contributed by atoms with van der Waals surface area (Å²) in [6, 6.07) is 3.57. The quantitative estimate of drug-likeness (QED) is 0.415. The molecule has 0 aliphatic carbocycles. The van der Waals surface area contributed by atoms with Gasteiger partial charge in [-0.1, -0.05) is 25.6 Å². The van der Waals surface area contributed by atoms with E-state index in [1.807, 2.05) is 13.8 Å². The van der Waals surface area contributed by atoms with Gasteiger partial charge in [-0.05, 0) is 25.0 Å². The van der Waals surface area contributed by atoms with Crippen molar-refractivity contribution in [3.8, 4) is 0 Å². The molecule has 10 heteroatoms. The summed E-state index contributed by atoms with van der Waals surface area (Å²) in [5, 5.41) is 0.658. The van der Waals surface area contributed by atoms with Crippen LogP contribution >= 0.6 is 11.8 Å². The third-order valence-corrected chi connectivity index (χ3v) is 5.50. The predicted molar refractivity (Wildman–Crippen MR) is 115 cm³/mol. The average Bonchev–Trinajstić information content (AvgIpc) is 3.19. The van der Waals surface area contributed by atoms with E-state index in [-0.39, 0.29) is 23.0 Å². The summed E-state index contributed by atoms with van der Waals surface area (Å²) in [6.07, 6.45) is 1.56. The minimum atomic E-state index is -0.464. The van der Waals surface area contributed by atoms with Crippen LogP contribution in [0.3, 0.4) is 0 Å². The van der Waals surface area contributed by atoms with Crippen LogP contribution in [-0.2, 0) is 24.9 Å². The fraction of sp³-hybridized carbons (Fsp3) is 0.450. The first-order valence-corrected chi connectivity index (χ1v) is 10.5. The number of aromatic nitrogens is 4. The molecule has 160 valence electrons. The van der Waals surface area contributed by atoms with Gasteiger partial charge in [0, 0.05) is 20.6 Å². The Morgan fingerprint density at radius 2 is 2.03 bits per heavy atom. The Balaban J connectivity index is 1.96. The third kappa shape index (κ3) is 4.48. The number of aryl methyl sites for hydroxylation is 1. The van der Waals surface area contributed by atoms with Crippen molar-refractivity contribution in [3.63, 3.8) is 0 Å². The monoisotopic (exact) mass is 431 g/mol. The Hall–Kier alpha value is -2.88. The van der Waals surface area contributed by atoms with Gasteiger partial charge < -0.3 is 9.32 Å². The first-order valence-electron chi connectivity index (χ1n) is 9.56. The van der Waals surface area contributed by atoms with Crippen LogP contribution in [0.5, 0.6) is 0 Å². The molecule has 0 bridgehead atoms. The Kier molecular flexibility index (Phi) is 6.45. The molecule has 0 spiro atoms. The van der Waals surface area contributed by atoms with Crippen molar-refractivity contribution >= 4 is 28.7 Å². The van der Waals surface area contributed by atoms with E-state index in [1.54, 1.807) is 37.3 Å². The number of furan rings is 1. The second-order valence-corrected chi connectivity index (χ2v) is 8.51. The van der Waals surface area contributed by atoms with Crippen molar-refractivity contribution in [3.05, 3.63) is 50.8 Å². The molecule has 0 fully saturated rings. The summed E-state index contributed by atoms with van der Waals surface area (Å²) in [4.78, 5) is 48.4. The van der Waals surface area contributed by atoms with Gasteiger partial charge in [0.25, 0.3) is 5.56 Å². The van der Waals surface area contributed by atoms with E-state index in [0.29, 0.717) is 35.3 Å². The molecule has 0 aliphatic rings. The smallest absolute Gasteiger partial charge is 0.332 e. The zero-order valence-corrected chi connectivity index (χ0v) is 18.5. The van der Waals surface area contributed by atoms with Crippen LogP contribution < -0.4 is 11.2 Å². The largest absolute Gasteiger partial charge is 0.467 e. The molecule has 0 unspecified atom stereocenters. The first kappa shape index (κ1) is 21.8. The molecular weight excluding hydrogens is 406 g/mol. The van der Waals surface area contributed by atoms with E-state index in [0.717, 1.165) is 4.57 Å². The van der Waals surface area contributed by atoms with Gasteiger partial charge in [-0.15, -0.1) is 0 Å². The maximum absolute atomic E-state index is 12.9. The van der Waals surface area contributed by atoms with Gasteiger partial charge in [0.05, 0.1) is 18.6 Å². The van der Waals surface area contributed by atoms with Crippen molar-refractivity contribution in [1.29, 1.82) is 0 Å². The Labute approximate surface area is 177 Å². The lowest BCUT2D eigenvalue weighted by atomic mass is 10.2. The topological polar surface area (TPSA) is 103 Å². The van der Waals surface area contributed by atoms with Crippen LogP contribution in [0, 0.1) is 12.8 Å². The maximum atomic E-state index is 12.9. The molecule has 0 atom stereocenters. The summed E-state index contributed by atoms with van der Waals surface area (Å²) in [6.45, 7) is 6.46. The van der Waals surface area contributed by atoms with Crippen molar-refractivity contribution in [2.24, 2.45) is 13.0 Å². The summed E-state index contributed by atoms with van der Waals surface area (Å²) in [5.74, 6) is 1.27. The normalized spacial score (nSPS) is 11.4. The molecule has 0 saturated carbocycles. The lowest BCUT2D eigenvalue weighted by Crippen LogP contribution is -2.39. The van der Waals surface area contributed by atoms with E-state index in [2.05, 4.69) is 9.97 Å². The van der Waals surface area contributed by atoms with Crippen LogP contribution in [0.25, 0.3) is 11.0 Å². The molecule has 3 aromatic heterocycles. The molecular formula is C20H25N5O4S. The number of amides is 1. The minimum absolute atomic E-state index is 0.0925.